The van der Waals surface area contributed by atoms with E-state index in [9.17, 15) is 9.90 Å². The lowest BCUT2D eigenvalue weighted by atomic mass is 10.3. The first-order chi connectivity index (χ1) is 8.56. The Labute approximate surface area is 104 Å². The Kier molecular flexibility index (Phi) is 3.18. The number of nitrogens with two attached hydrogens (primary N) is 1. The van der Waals surface area contributed by atoms with Gasteiger partial charge >= 0.3 is 0 Å². The number of amides is 1. The lowest BCUT2D eigenvalue weighted by Crippen LogP contribution is -2.30. The van der Waals surface area contributed by atoms with Crippen molar-refractivity contribution in [1.29, 1.82) is 0 Å². The van der Waals surface area contributed by atoms with Crippen molar-refractivity contribution in [2.45, 2.75) is 6.54 Å². The number of aromatic hydroxyl groups is 1. The number of rotatable bonds is 3. The van der Waals surface area contributed by atoms with Gasteiger partial charge in [0.05, 0.1) is 0 Å². The summed E-state index contributed by atoms with van der Waals surface area (Å²) in [6, 6.07) is 8.13. The fraction of sp³-hybridized carbons (Fsp3) is 0.167. The Bertz CT molecular complexity index is 565. The van der Waals surface area contributed by atoms with Crippen molar-refractivity contribution in [1.82, 2.24) is 9.78 Å². The summed E-state index contributed by atoms with van der Waals surface area (Å²) in [7, 11) is 1.64. The number of anilines is 2. The quantitative estimate of drug-likeness (QED) is 0.840. The summed E-state index contributed by atoms with van der Waals surface area (Å²) in [6.07, 6.45) is 1.64. The fourth-order valence-electron chi connectivity index (χ4n) is 1.56. The van der Waals surface area contributed by atoms with E-state index in [0.29, 0.717) is 11.5 Å². The summed E-state index contributed by atoms with van der Waals surface area (Å²) < 4.78 is 1.47. The molecule has 0 fully saturated rings. The highest BCUT2D eigenvalue weighted by molar-refractivity contribution is 5.92. The van der Waals surface area contributed by atoms with E-state index < -0.39 is 0 Å². The first-order valence-electron chi connectivity index (χ1n) is 5.41. The summed E-state index contributed by atoms with van der Waals surface area (Å²) in [4.78, 5) is 13.4. The molecule has 6 heteroatoms. The maximum Gasteiger partial charge on any atom is 0.248 e. The maximum atomic E-state index is 12.0. The van der Waals surface area contributed by atoms with Crippen molar-refractivity contribution in [2.75, 3.05) is 17.7 Å². The molecule has 18 heavy (non-hydrogen) atoms. The summed E-state index contributed by atoms with van der Waals surface area (Å²) in [5.41, 5.74) is 6.10. The van der Waals surface area contributed by atoms with Crippen molar-refractivity contribution in [3.63, 3.8) is 0 Å². The van der Waals surface area contributed by atoms with Gasteiger partial charge in [-0.1, -0.05) is 6.07 Å². The van der Waals surface area contributed by atoms with Crippen LogP contribution in [0.15, 0.2) is 36.5 Å². The molecule has 2 rings (SSSR count). The van der Waals surface area contributed by atoms with Gasteiger partial charge in [0.25, 0.3) is 0 Å². The zero-order chi connectivity index (χ0) is 13.1. The molecular formula is C12H14N4O2. The van der Waals surface area contributed by atoms with Gasteiger partial charge in [-0.25, -0.2) is 0 Å². The molecule has 2 aromatic rings. The van der Waals surface area contributed by atoms with E-state index in [1.807, 2.05) is 0 Å². The van der Waals surface area contributed by atoms with Crippen LogP contribution in [0.1, 0.15) is 0 Å². The van der Waals surface area contributed by atoms with Crippen LogP contribution in [-0.2, 0) is 11.3 Å². The second-order valence-electron chi connectivity index (χ2n) is 3.91. The molecule has 0 atom stereocenters. The molecule has 1 heterocycles. The van der Waals surface area contributed by atoms with Gasteiger partial charge in [-0.15, -0.1) is 0 Å². The Hall–Kier alpha value is -2.50. The van der Waals surface area contributed by atoms with Gasteiger partial charge in [0.15, 0.2) is 0 Å². The van der Waals surface area contributed by atoms with Crippen LogP contribution in [0.25, 0.3) is 0 Å². The van der Waals surface area contributed by atoms with Crippen LogP contribution in [0.5, 0.6) is 5.75 Å². The summed E-state index contributed by atoms with van der Waals surface area (Å²) in [5.74, 6) is 0.349. The maximum absolute atomic E-state index is 12.0. The van der Waals surface area contributed by atoms with Crippen molar-refractivity contribution in [2.24, 2.45) is 0 Å². The minimum atomic E-state index is -0.149. The molecule has 0 saturated carbocycles. The summed E-state index contributed by atoms with van der Waals surface area (Å²) in [5, 5.41) is 13.3. The van der Waals surface area contributed by atoms with E-state index in [0.717, 1.165) is 0 Å². The van der Waals surface area contributed by atoms with E-state index in [1.165, 1.54) is 15.6 Å². The number of nitrogen functional groups attached to an aromatic ring is 1. The van der Waals surface area contributed by atoms with E-state index in [2.05, 4.69) is 5.10 Å². The standard InChI is InChI=1S/C12H14N4O2/c1-15(9-3-2-4-10(17)7-9)12(18)8-16-6-5-11(13)14-16/h2-7,17H,8H2,1H3,(H2,13,14). The van der Waals surface area contributed by atoms with E-state index in [1.54, 1.807) is 37.5 Å². The molecule has 0 aliphatic carbocycles. The fourth-order valence-corrected chi connectivity index (χ4v) is 1.56. The number of benzene rings is 1. The molecule has 1 amide bonds. The van der Waals surface area contributed by atoms with Crippen LogP contribution >= 0.6 is 0 Å². The molecule has 0 aliphatic rings. The molecule has 1 aromatic carbocycles. The average Bonchev–Trinajstić information content (AvgIpc) is 2.73. The van der Waals surface area contributed by atoms with Gasteiger partial charge in [-0.05, 0) is 18.2 Å². The van der Waals surface area contributed by atoms with Crippen molar-refractivity contribution >= 4 is 17.4 Å². The summed E-state index contributed by atoms with van der Waals surface area (Å²) in [6.45, 7) is 0.101. The minimum Gasteiger partial charge on any atom is -0.508 e. The van der Waals surface area contributed by atoms with Gasteiger partial charge in [-0.2, -0.15) is 5.10 Å². The smallest absolute Gasteiger partial charge is 0.248 e. The third-order valence-electron chi connectivity index (χ3n) is 2.55. The van der Waals surface area contributed by atoms with Gasteiger partial charge < -0.3 is 15.7 Å². The highest BCUT2D eigenvalue weighted by Gasteiger charge is 2.12. The summed E-state index contributed by atoms with van der Waals surface area (Å²) >= 11 is 0. The van der Waals surface area contributed by atoms with Crippen LogP contribution in [0.4, 0.5) is 11.5 Å². The SMILES string of the molecule is CN(C(=O)Cn1ccc(N)n1)c1cccc(O)c1. The predicted molar refractivity (Wildman–Crippen MR) is 68.2 cm³/mol. The van der Waals surface area contributed by atoms with Crippen LogP contribution in [-0.4, -0.2) is 27.8 Å². The number of carbonyl (C=O) groups excluding carboxylic acids is 1. The number of carbonyl (C=O) groups is 1. The molecule has 1 aromatic heterocycles. The molecule has 0 unspecified atom stereocenters. The topological polar surface area (TPSA) is 84.4 Å². The lowest BCUT2D eigenvalue weighted by molar-refractivity contribution is -0.119. The van der Waals surface area contributed by atoms with Gasteiger partial charge in [0, 0.05) is 25.0 Å². The van der Waals surface area contributed by atoms with E-state index in [-0.39, 0.29) is 18.2 Å². The molecule has 0 radical (unpaired) electrons. The second-order valence-corrected chi connectivity index (χ2v) is 3.91. The molecule has 0 aliphatic heterocycles. The highest BCUT2D eigenvalue weighted by Crippen LogP contribution is 2.19. The largest absolute Gasteiger partial charge is 0.508 e. The van der Waals surface area contributed by atoms with Gasteiger partial charge in [0.1, 0.15) is 18.1 Å². The van der Waals surface area contributed by atoms with Gasteiger partial charge in [0.2, 0.25) is 5.91 Å². The Balaban J connectivity index is 2.09. The number of phenols is 1. The number of aromatic nitrogens is 2. The molecule has 94 valence electrons. The average molecular weight is 246 g/mol. The molecule has 6 nitrogen and oxygen atoms in total. The number of hydrogen-bond donors (Lipinski definition) is 2. The lowest BCUT2D eigenvalue weighted by Gasteiger charge is -2.17. The molecular weight excluding hydrogens is 232 g/mol. The molecule has 3 N–H and O–H groups in total. The Morgan fingerprint density at radius 1 is 1.50 bits per heavy atom. The first kappa shape index (κ1) is 12.0. The number of hydrogen-bond acceptors (Lipinski definition) is 4. The van der Waals surface area contributed by atoms with Crippen LogP contribution in [0.3, 0.4) is 0 Å². The first-order valence-corrected chi connectivity index (χ1v) is 5.41. The van der Waals surface area contributed by atoms with Crippen molar-refractivity contribution < 1.29 is 9.90 Å². The van der Waals surface area contributed by atoms with Crippen molar-refractivity contribution in [3.8, 4) is 5.75 Å². The van der Waals surface area contributed by atoms with Crippen LogP contribution in [0.2, 0.25) is 0 Å². The molecule has 0 spiro atoms. The second kappa shape index (κ2) is 4.79. The van der Waals surface area contributed by atoms with Crippen LogP contribution in [0, 0.1) is 0 Å². The van der Waals surface area contributed by atoms with Gasteiger partial charge in [-0.3, -0.25) is 9.48 Å². The minimum absolute atomic E-state index is 0.101. The zero-order valence-corrected chi connectivity index (χ0v) is 9.95. The van der Waals surface area contributed by atoms with E-state index in [4.69, 9.17) is 5.73 Å². The highest BCUT2D eigenvalue weighted by atomic mass is 16.3. The van der Waals surface area contributed by atoms with E-state index >= 15 is 0 Å². The third kappa shape index (κ3) is 2.60. The third-order valence-corrected chi connectivity index (χ3v) is 2.55. The predicted octanol–water partition coefficient (Wildman–Crippen LogP) is 0.834. The molecule has 0 bridgehead atoms. The van der Waals surface area contributed by atoms with Crippen LogP contribution < -0.4 is 10.6 Å². The number of nitrogens with zero attached hydrogens (tertiary/aromatic N) is 3. The Morgan fingerprint density at radius 2 is 2.28 bits per heavy atom. The normalized spacial score (nSPS) is 10.3. The molecule has 0 saturated heterocycles. The zero-order valence-electron chi connectivity index (χ0n) is 9.95. The monoisotopic (exact) mass is 246 g/mol. The number of phenolic OH excluding ortho intramolecular Hbond substituents is 1. The van der Waals surface area contributed by atoms with Crippen molar-refractivity contribution in [3.05, 3.63) is 36.5 Å². The number of likely N-dealkylation sites (N-methyl/N-ethyl adjacent to an activating group) is 1. The Morgan fingerprint density at radius 3 is 2.89 bits per heavy atom.